The first-order chi connectivity index (χ1) is 9.38. The molecule has 2 N–H and O–H groups in total. The highest BCUT2D eigenvalue weighted by molar-refractivity contribution is 9.10. The number of aromatic nitrogens is 3. The van der Waals surface area contributed by atoms with E-state index in [0.29, 0.717) is 15.9 Å². The lowest BCUT2D eigenvalue weighted by Crippen LogP contribution is -2.18. The number of rotatable bonds is 3. The van der Waals surface area contributed by atoms with E-state index >= 15 is 0 Å². The smallest absolute Gasteiger partial charge is 0.273 e. The van der Waals surface area contributed by atoms with Crippen molar-refractivity contribution in [2.24, 2.45) is 5.14 Å². The van der Waals surface area contributed by atoms with Gasteiger partial charge in [0.25, 0.3) is 15.2 Å². The summed E-state index contributed by atoms with van der Waals surface area (Å²) in [4.78, 5) is 0. The molecule has 0 saturated heterocycles. The highest BCUT2D eigenvalue weighted by Crippen LogP contribution is 2.39. The molecule has 9 heteroatoms. The molecule has 0 amide bonds. The largest absolute Gasteiger partial charge is 0.294 e. The molecule has 106 valence electrons. The van der Waals surface area contributed by atoms with Gasteiger partial charge in [0.15, 0.2) is 5.82 Å². The summed E-state index contributed by atoms with van der Waals surface area (Å²) < 4.78 is 38.5. The number of hydrogen-bond acceptors (Lipinski definition) is 4. The average molecular weight is 361 g/mol. The lowest BCUT2D eigenvalue weighted by Gasteiger charge is -2.08. The molecule has 1 aromatic carbocycles. The van der Waals surface area contributed by atoms with Gasteiger partial charge in [0.05, 0.1) is 4.47 Å². The maximum absolute atomic E-state index is 13.6. The first-order valence-corrected chi connectivity index (χ1v) is 8.15. The Hall–Kier alpha value is -1.32. The van der Waals surface area contributed by atoms with Gasteiger partial charge in [0.1, 0.15) is 5.82 Å². The van der Waals surface area contributed by atoms with Crippen LogP contribution in [0.4, 0.5) is 4.39 Å². The van der Waals surface area contributed by atoms with Gasteiger partial charge < -0.3 is 0 Å². The Morgan fingerprint density at radius 2 is 2.05 bits per heavy atom. The number of hydrogen-bond donors (Lipinski definition) is 1. The number of benzene rings is 1. The van der Waals surface area contributed by atoms with E-state index in [2.05, 4.69) is 26.1 Å². The van der Waals surface area contributed by atoms with Crippen molar-refractivity contribution in [2.75, 3.05) is 0 Å². The molecule has 2 aromatic rings. The van der Waals surface area contributed by atoms with Crippen LogP contribution in [0.15, 0.2) is 27.8 Å². The molecule has 1 heterocycles. The predicted molar refractivity (Wildman–Crippen MR) is 72.8 cm³/mol. The van der Waals surface area contributed by atoms with Crippen LogP contribution in [0.2, 0.25) is 0 Å². The molecule has 1 aromatic heterocycles. The molecule has 1 fully saturated rings. The number of sulfonamides is 1. The summed E-state index contributed by atoms with van der Waals surface area (Å²) in [5.41, 5.74) is 0.458. The fourth-order valence-electron chi connectivity index (χ4n) is 1.96. The molecule has 0 radical (unpaired) electrons. The lowest BCUT2D eigenvalue weighted by molar-refractivity contribution is 0.567. The fourth-order valence-corrected chi connectivity index (χ4v) is 2.88. The predicted octanol–water partition coefficient (Wildman–Crippen LogP) is 1.83. The number of halogens is 2. The molecule has 0 bridgehead atoms. The van der Waals surface area contributed by atoms with Crippen LogP contribution in [0.25, 0.3) is 11.4 Å². The SMILES string of the molecule is NS(=O)(=O)c1nnc(-c2ccc(Br)c(F)c2)n1C1CC1. The third kappa shape index (κ3) is 2.36. The minimum atomic E-state index is -3.96. The van der Waals surface area contributed by atoms with Gasteiger partial charge in [-0.15, -0.1) is 10.2 Å². The van der Waals surface area contributed by atoms with Gasteiger partial charge in [-0.1, -0.05) is 0 Å². The highest BCUT2D eigenvalue weighted by atomic mass is 79.9. The number of primary sulfonamides is 1. The van der Waals surface area contributed by atoms with Gasteiger partial charge in [0, 0.05) is 11.6 Å². The summed E-state index contributed by atoms with van der Waals surface area (Å²) in [6, 6.07) is 4.45. The van der Waals surface area contributed by atoms with Crippen molar-refractivity contribution >= 4 is 26.0 Å². The minimum Gasteiger partial charge on any atom is -0.294 e. The van der Waals surface area contributed by atoms with Crippen molar-refractivity contribution in [1.29, 1.82) is 0 Å². The van der Waals surface area contributed by atoms with Gasteiger partial charge in [-0.05, 0) is 47.0 Å². The molecule has 1 aliphatic carbocycles. The van der Waals surface area contributed by atoms with Crippen LogP contribution in [0.1, 0.15) is 18.9 Å². The van der Waals surface area contributed by atoms with E-state index in [-0.39, 0.29) is 11.2 Å². The quantitative estimate of drug-likeness (QED) is 0.903. The maximum atomic E-state index is 13.6. The van der Waals surface area contributed by atoms with Crippen LogP contribution in [-0.2, 0) is 10.0 Å². The second-order valence-corrected chi connectivity index (χ2v) is 6.89. The van der Waals surface area contributed by atoms with Crippen LogP contribution in [0.3, 0.4) is 0 Å². The van der Waals surface area contributed by atoms with Crippen molar-refractivity contribution < 1.29 is 12.8 Å². The van der Waals surface area contributed by atoms with Gasteiger partial charge in [-0.25, -0.2) is 17.9 Å². The Morgan fingerprint density at radius 1 is 1.35 bits per heavy atom. The maximum Gasteiger partial charge on any atom is 0.273 e. The lowest BCUT2D eigenvalue weighted by atomic mass is 10.2. The minimum absolute atomic E-state index is 0.0000306. The molecule has 0 aliphatic heterocycles. The van der Waals surface area contributed by atoms with E-state index in [9.17, 15) is 12.8 Å². The van der Waals surface area contributed by atoms with Crippen molar-refractivity contribution in [1.82, 2.24) is 14.8 Å². The number of nitrogens with zero attached hydrogens (tertiary/aromatic N) is 3. The Kier molecular flexibility index (Phi) is 3.14. The third-order valence-corrected chi connectivity index (χ3v) is 4.44. The monoisotopic (exact) mass is 360 g/mol. The van der Waals surface area contributed by atoms with Crippen LogP contribution in [0.5, 0.6) is 0 Å². The van der Waals surface area contributed by atoms with Crippen LogP contribution in [0, 0.1) is 5.82 Å². The summed E-state index contributed by atoms with van der Waals surface area (Å²) in [5.74, 6) is -0.145. The molecule has 0 unspecified atom stereocenters. The molecule has 1 saturated carbocycles. The van der Waals surface area contributed by atoms with Crippen molar-refractivity contribution in [3.8, 4) is 11.4 Å². The molecular formula is C11H10BrFN4O2S. The van der Waals surface area contributed by atoms with Gasteiger partial charge in [0.2, 0.25) is 0 Å². The second-order valence-electron chi connectivity index (χ2n) is 4.58. The standard InChI is InChI=1S/C11H10BrFN4O2S/c12-8-4-1-6(5-9(8)13)10-15-16-11(20(14,18)19)17(10)7-2-3-7/h1,4-5,7H,2-3H2,(H2,14,18,19). The van der Waals surface area contributed by atoms with Gasteiger partial charge >= 0.3 is 0 Å². The molecule has 20 heavy (non-hydrogen) atoms. The number of nitrogens with two attached hydrogens (primary N) is 1. The summed E-state index contributed by atoms with van der Waals surface area (Å²) >= 11 is 3.06. The van der Waals surface area contributed by atoms with E-state index < -0.39 is 15.8 Å². The van der Waals surface area contributed by atoms with E-state index in [4.69, 9.17) is 5.14 Å². The molecule has 3 rings (SSSR count). The Balaban J connectivity index is 2.19. The van der Waals surface area contributed by atoms with Crippen LogP contribution < -0.4 is 5.14 Å². The third-order valence-electron chi connectivity index (χ3n) is 3.01. The summed E-state index contributed by atoms with van der Waals surface area (Å²) in [6.07, 6.45) is 1.65. The van der Waals surface area contributed by atoms with Gasteiger partial charge in [-0.3, -0.25) is 4.57 Å². The Labute approximate surface area is 123 Å². The van der Waals surface area contributed by atoms with E-state index in [1.165, 1.54) is 16.7 Å². The molecule has 0 spiro atoms. The van der Waals surface area contributed by atoms with Crippen molar-refractivity contribution in [3.05, 3.63) is 28.5 Å². The highest BCUT2D eigenvalue weighted by Gasteiger charge is 2.33. The molecule has 0 atom stereocenters. The zero-order valence-electron chi connectivity index (χ0n) is 10.1. The Morgan fingerprint density at radius 3 is 2.60 bits per heavy atom. The normalized spacial score (nSPS) is 15.6. The topological polar surface area (TPSA) is 90.9 Å². The summed E-state index contributed by atoms with van der Waals surface area (Å²) in [7, 11) is -3.96. The second kappa shape index (κ2) is 4.61. The van der Waals surface area contributed by atoms with Crippen LogP contribution >= 0.6 is 15.9 Å². The molecule has 6 nitrogen and oxygen atoms in total. The van der Waals surface area contributed by atoms with E-state index in [0.717, 1.165) is 12.8 Å². The summed E-state index contributed by atoms with van der Waals surface area (Å²) in [6.45, 7) is 0. The Bertz CT molecular complexity index is 786. The fraction of sp³-hybridized carbons (Fsp3) is 0.273. The average Bonchev–Trinajstić information content (AvgIpc) is 3.10. The molecule has 1 aliphatic rings. The van der Waals surface area contributed by atoms with Crippen molar-refractivity contribution in [2.45, 2.75) is 24.0 Å². The van der Waals surface area contributed by atoms with Crippen LogP contribution in [-0.4, -0.2) is 23.2 Å². The zero-order valence-corrected chi connectivity index (χ0v) is 12.5. The van der Waals surface area contributed by atoms with E-state index in [1.807, 2.05) is 0 Å². The van der Waals surface area contributed by atoms with E-state index in [1.54, 1.807) is 6.07 Å². The van der Waals surface area contributed by atoms with Crippen molar-refractivity contribution in [3.63, 3.8) is 0 Å². The summed E-state index contributed by atoms with van der Waals surface area (Å²) in [5, 5.41) is 12.4. The molecular weight excluding hydrogens is 351 g/mol. The first kappa shape index (κ1) is 13.7. The van der Waals surface area contributed by atoms with Gasteiger partial charge in [-0.2, -0.15) is 0 Å². The zero-order chi connectivity index (χ0) is 14.5. The first-order valence-electron chi connectivity index (χ1n) is 5.81.